The number of fused-ring (bicyclic) bond motifs is 2. The summed E-state index contributed by atoms with van der Waals surface area (Å²) in [5, 5.41) is 7.17. The highest BCUT2D eigenvalue weighted by Gasteiger charge is 2.66. The van der Waals surface area contributed by atoms with Crippen LogP contribution in [0.3, 0.4) is 0 Å². The van der Waals surface area contributed by atoms with E-state index in [-0.39, 0.29) is 24.0 Å². The Balaban J connectivity index is 0.00000225. The molecule has 2 saturated carbocycles. The van der Waals surface area contributed by atoms with Gasteiger partial charge in [0.15, 0.2) is 5.96 Å². The molecule has 1 spiro atoms. The lowest BCUT2D eigenvalue weighted by molar-refractivity contribution is -0.171. The van der Waals surface area contributed by atoms with Crippen LogP contribution in [0.1, 0.15) is 38.2 Å². The normalized spacial score (nSPS) is 27.0. The standard InChI is InChI=1S/C22H31N3O2.HI/c1-3-13-26-18-9-6-5-8-16(18)15-24-21(23-4-2)25-19-17-10-14-27-20(17)22(19)11-7-12-22;/h3,5-6,8-9,17,19-20H,1,4,7,10-15H2,2H3,(H2,23,24,25);1H. The van der Waals surface area contributed by atoms with Crippen LogP contribution in [-0.4, -0.2) is 37.9 Å². The number of ether oxygens (including phenoxy) is 2. The first kappa shape index (κ1) is 21.4. The number of nitrogens with zero attached hydrogens (tertiary/aromatic N) is 1. The van der Waals surface area contributed by atoms with E-state index in [9.17, 15) is 0 Å². The van der Waals surface area contributed by atoms with Crippen LogP contribution >= 0.6 is 24.0 Å². The molecule has 1 heterocycles. The average molecular weight is 497 g/mol. The number of halogens is 1. The van der Waals surface area contributed by atoms with E-state index in [1.165, 1.54) is 25.7 Å². The molecule has 3 fully saturated rings. The van der Waals surface area contributed by atoms with Gasteiger partial charge in [-0.1, -0.05) is 37.3 Å². The van der Waals surface area contributed by atoms with Crippen molar-refractivity contribution >= 4 is 29.9 Å². The first-order chi connectivity index (χ1) is 13.3. The number of nitrogens with one attached hydrogen (secondary N) is 2. The second-order valence-corrected chi connectivity index (χ2v) is 7.86. The highest BCUT2D eigenvalue weighted by atomic mass is 127. The number of para-hydroxylation sites is 1. The predicted molar refractivity (Wildman–Crippen MR) is 123 cm³/mol. The van der Waals surface area contributed by atoms with Gasteiger partial charge in [-0.2, -0.15) is 0 Å². The van der Waals surface area contributed by atoms with E-state index in [2.05, 4.69) is 30.2 Å². The summed E-state index contributed by atoms with van der Waals surface area (Å²) in [5.74, 6) is 2.41. The minimum absolute atomic E-state index is 0. The highest BCUT2D eigenvalue weighted by molar-refractivity contribution is 14.0. The summed E-state index contributed by atoms with van der Waals surface area (Å²) in [4.78, 5) is 4.86. The maximum Gasteiger partial charge on any atom is 0.191 e. The topological polar surface area (TPSA) is 54.9 Å². The van der Waals surface area contributed by atoms with Crippen molar-refractivity contribution in [3.63, 3.8) is 0 Å². The van der Waals surface area contributed by atoms with Gasteiger partial charge in [-0.05, 0) is 32.3 Å². The molecule has 1 aromatic rings. The molecule has 0 bridgehead atoms. The van der Waals surface area contributed by atoms with Crippen LogP contribution in [0.25, 0.3) is 0 Å². The fourth-order valence-corrected chi connectivity index (χ4v) is 5.01. The maximum absolute atomic E-state index is 6.04. The Labute approximate surface area is 185 Å². The average Bonchev–Trinajstić information content (AvgIpc) is 3.06. The third-order valence-electron chi connectivity index (χ3n) is 6.41. The van der Waals surface area contributed by atoms with Crippen LogP contribution in [-0.2, 0) is 11.3 Å². The van der Waals surface area contributed by atoms with Gasteiger partial charge in [0.25, 0.3) is 0 Å². The number of hydrogen-bond donors (Lipinski definition) is 2. The molecule has 1 saturated heterocycles. The van der Waals surface area contributed by atoms with E-state index in [4.69, 9.17) is 14.5 Å². The molecular weight excluding hydrogens is 465 g/mol. The first-order valence-corrected chi connectivity index (χ1v) is 10.3. The smallest absolute Gasteiger partial charge is 0.191 e. The molecule has 2 aliphatic carbocycles. The van der Waals surface area contributed by atoms with Gasteiger partial charge in [-0.15, -0.1) is 24.0 Å². The van der Waals surface area contributed by atoms with Gasteiger partial charge in [-0.25, -0.2) is 4.99 Å². The fraction of sp³-hybridized carbons (Fsp3) is 0.591. The second-order valence-electron chi connectivity index (χ2n) is 7.86. The minimum atomic E-state index is 0. The van der Waals surface area contributed by atoms with Crippen molar-refractivity contribution in [3.05, 3.63) is 42.5 Å². The number of aliphatic imine (C=N–C) groups is 1. The molecule has 154 valence electrons. The SMILES string of the molecule is C=CCOc1ccccc1CN=C(NCC)NC1C2CCOC2C12CCC2.I. The van der Waals surface area contributed by atoms with Crippen molar-refractivity contribution in [1.82, 2.24) is 10.6 Å². The zero-order valence-corrected chi connectivity index (χ0v) is 19.0. The molecule has 2 N–H and O–H groups in total. The van der Waals surface area contributed by atoms with Crippen molar-refractivity contribution in [2.24, 2.45) is 16.3 Å². The van der Waals surface area contributed by atoms with Gasteiger partial charge in [-0.3, -0.25) is 0 Å². The van der Waals surface area contributed by atoms with Crippen molar-refractivity contribution in [3.8, 4) is 5.75 Å². The molecule has 3 unspecified atom stereocenters. The van der Waals surface area contributed by atoms with Gasteiger partial charge in [0.05, 0.1) is 12.6 Å². The van der Waals surface area contributed by atoms with E-state index in [1.807, 2.05) is 18.2 Å². The molecule has 0 radical (unpaired) electrons. The summed E-state index contributed by atoms with van der Waals surface area (Å²) in [5.41, 5.74) is 1.44. The Hall–Kier alpha value is -1.28. The Bertz CT molecular complexity index is 705. The molecule has 28 heavy (non-hydrogen) atoms. The summed E-state index contributed by atoms with van der Waals surface area (Å²) in [6.07, 6.45) is 7.29. The number of benzene rings is 1. The quantitative estimate of drug-likeness (QED) is 0.260. The number of hydrogen-bond acceptors (Lipinski definition) is 3. The zero-order valence-electron chi connectivity index (χ0n) is 16.7. The molecule has 5 nitrogen and oxygen atoms in total. The van der Waals surface area contributed by atoms with Gasteiger partial charge in [0.1, 0.15) is 12.4 Å². The largest absolute Gasteiger partial charge is 0.489 e. The minimum Gasteiger partial charge on any atom is -0.489 e. The molecule has 0 amide bonds. The van der Waals surface area contributed by atoms with Crippen molar-refractivity contribution in [1.29, 1.82) is 0 Å². The van der Waals surface area contributed by atoms with Gasteiger partial charge >= 0.3 is 0 Å². The Morgan fingerprint density at radius 1 is 1.39 bits per heavy atom. The first-order valence-electron chi connectivity index (χ1n) is 10.3. The van der Waals surface area contributed by atoms with E-state index in [0.717, 1.165) is 30.4 Å². The van der Waals surface area contributed by atoms with Crippen LogP contribution < -0.4 is 15.4 Å². The van der Waals surface area contributed by atoms with Crippen LogP contribution in [0, 0.1) is 11.3 Å². The van der Waals surface area contributed by atoms with Gasteiger partial charge in [0.2, 0.25) is 0 Å². The van der Waals surface area contributed by atoms with Crippen molar-refractivity contribution in [2.75, 3.05) is 19.8 Å². The summed E-state index contributed by atoms with van der Waals surface area (Å²) >= 11 is 0. The van der Waals surface area contributed by atoms with Crippen molar-refractivity contribution in [2.45, 2.75) is 51.3 Å². The third kappa shape index (κ3) is 3.90. The van der Waals surface area contributed by atoms with Crippen LogP contribution in [0.5, 0.6) is 5.75 Å². The molecule has 1 aromatic carbocycles. The molecular formula is C22H32IN3O2. The monoisotopic (exact) mass is 497 g/mol. The van der Waals surface area contributed by atoms with Crippen LogP contribution in [0.4, 0.5) is 0 Å². The highest BCUT2D eigenvalue weighted by Crippen LogP contribution is 2.62. The Morgan fingerprint density at radius 2 is 2.21 bits per heavy atom. The van der Waals surface area contributed by atoms with E-state index >= 15 is 0 Å². The second kappa shape index (κ2) is 9.48. The lowest BCUT2D eigenvalue weighted by atomic mass is 9.46. The summed E-state index contributed by atoms with van der Waals surface area (Å²) < 4.78 is 11.8. The Morgan fingerprint density at radius 3 is 2.93 bits per heavy atom. The van der Waals surface area contributed by atoms with Crippen LogP contribution in [0.15, 0.2) is 41.9 Å². The number of rotatable bonds is 7. The summed E-state index contributed by atoms with van der Waals surface area (Å²) in [7, 11) is 0. The van der Waals surface area contributed by atoms with Crippen LogP contribution in [0.2, 0.25) is 0 Å². The lowest BCUT2D eigenvalue weighted by Crippen LogP contribution is -2.72. The summed E-state index contributed by atoms with van der Waals surface area (Å²) in [6, 6.07) is 8.57. The van der Waals surface area contributed by atoms with Crippen molar-refractivity contribution < 1.29 is 9.47 Å². The molecule has 3 aliphatic rings. The predicted octanol–water partition coefficient (Wildman–Crippen LogP) is 3.88. The zero-order chi connectivity index (χ0) is 18.7. The molecule has 6 heteroatoms. The van der Waals surface area contributed by atoms with E-state index in [0.29, 0.717) is 36.6 Å². The number of guanidine groups is 1. The molecule has 3 atom stereocenters. The van der Waals surface area contributed by atoms with Gasteiger partial charge in [0, 0.05) is 36.1 Å². The fourth-order valence-electron chi connectivity index (χ4n) is 5.01. The van der Waals surface area contributed by atoms with E-state index in [1.54, 1.807) is 6.08 Å². The molecule has 4 rings (SSSR count). The van der Waals surface area contributed by atoms with E-state index < -0.39 is 0 Å². The van der Waals surface area contributed by atoms with Gasteiger partial charge < -0.3 is 20.1 Å². The lowest BCUT2D eigenvalue weighted by Gasteiger charge is -2.63. The Kier molecular flexibility index (Phi) is 7.25. The maximum atomic E-state index is 6.04. The summed E-state index contributed by atoms with van der Waals surface area (Å²) in [6.45, 7) is 8.70. The molecule has 0 aromatic heterocycles. The molecule has 1 aliphatic heterocycles. The third-order valence-corrected chi connectivity index (χ3v) is 6.41.